The Labute approximate surface area is 169 Å². The van der Waals surface area contributed by atoms with Crippen LogP contribution in [0.2, 0.25) is 0 Å². The fraction of sp³-hybridized carbons (Fsp3) is 0.500. The molecule has 0 bridgehead atoms. The number of carbonyl (C=O) groups excluding carboxylic acids is 1. The summed E-state index contributed by atoms with van der Waals surface area (Å²) in [7, 11) is 0. The molecule has 2 N–H and O–H groups in total. The Hall–Kier alpha value is -2.16. The van der Waals surface area contributed by atoms with Crippen LogP contribution in [-0.4, -0.2) is 68.4 Å². The average Bonchev–Trinajstić information content (AvgIpc) is 3.41. The molecular weight excluding hydrogens is 374 g/mol. The van der Waals surface area contributed by atoms with Gasteiger partial charge in [0.05, 0.1) is 18.9 Å². The highest BCUT2D eigenvalue weighted by atomic mass is 32.1. The second-order valence-corrected chi connectivity index (χ2v) is 7.97. The summed E-state index contributed by atoms with van der Waals surface area (Å²) in [6.45, 7) is 7.13. The van der Waals surface area contributed by atoms with E-state index >= 15 is 0 Å². The number of amides is 2. The fourth-order valence-corrected chi connectivity index (χ4v) is 4.29. The number of rotatable bonds is 6. The van der Waals surface area contributed by atoms with Crippen LogP contribution in [-0.2, 0) is 4.74 Å². The molecule has 7 nitrogen and oxygen atoms in total. The first-order valence-electron chi connectivity index (χ1n) is 9.94. The van der Waals surface area contributed by atoms with Crippen LogP contribution in [0.1, 0.15) is 12.8 Å². The number of benzene rings is 1. The van der Waals surface area contributed by atoms with Crippen molar-refractivity contribution in [3.63, 3.8) is 0 Å². The molecular formula is C20H27N5O2S. The number of urea groups is 1. The first-order valence-corrected chi connectivity index (χ1v) is 10.8. The van der Waals surface area contributed by atoms with Crippen molar-refractivity contribution in [3.05, 3.63) is 29.6 Å². The first kappa shape index (κ1) is 19.2. The molecule has 3 heterocycles. The molecule has 0 radical (unpaired) electrons. The highest BCUT2D eigenvalue weighted by Crippen LogP contribution is 2.28. The van der Waals surface area contributed by atoms with Gasteiger partial charge in [0.25, 0.3) is 0 Å². The Kier molecular flexibility index (Phi) is 6.41. The van der Waals surface area contributed by atoms with Crippen molar-refractivity contribution in [1.82, 2.24) is 15.2 Å². The SMILES string of the molecule is O=C(NCCN1CCOCC1)Nc1nc(-c2ccc(N3CCCC3)cc2)cs1. The quantitative estimate of drug-likeness (QED) is 0.779. The maximum atomic E-state index is 12.1. The van der Waals surface area contributed by atoms with E-state index in [1.807, 2.05) is 5.38 Å². The van der Waals surface area contributed by atoms with Crippen molar-refractivity contribution in [2.75, 3.05) is 62.7 Å². The number of hydrogen-bond acceptors (Lipinski definition) is 6. The van der Waals surface area contributed by atoms with Crippen LogP contribution in [0.25, 0.3) is 11.3 Å². The lowest BCUT2D eigenvalue weighted by atomic mass is 10.1. The fourth-order valence-electron chi connectivity index (χ4n) is 3.58. The van der Waals surface area contributed by atoms with E-state index in [-0.39, 0.29) is 6.03 Å². The van der Waals surface area contributed by atoms with Crippen LogP contribution >= 0.6 is 11.3 Å². The Bertz CT molecular complexity index is 767. The summed E-state index contributed by atoms with van der Waals surface area (Å²) < 4.78 is 5.33. The van der Waals surface area contributed by atoms with E-state index < -0.39 is 0 Å². The number of carbonyl (C=O) groups is 1. The molecule has 4 rings (SSSR count). The molecule has 0 spiro atoms. The monoisotopic (exact) mass is 401 g/mol. The molecule has 150 valence electrons. The smallest absolute Gasteiger partial charge is 0.321 e. The summed E-state index contributed by atoms with van der Waals surface area (Å²) in [4.78, 5) is 21.3. The number of anilines is 2. The van der Waals surface area contributed by atoms with Crippen molar-refractivity contribution < 1.29 is 9.53 Å². The largest absolute Gasteiger partial charge is 0.379 e. The van der Waals surface area contributed by atoms with Gasteiger partial charge in [-0.2, -0.15) is 0 Å². The van der Waals surface area contributed by atoms with Crippen molar-refractivity contribution in [2.45, 2.75) is 12.8 Å². The van der Waals surface area contributed by atoms with Gasteiger partial charge < -0.3 is 15.0 Å². The molecule has 2 aliphatic heterocycles. The normalized spacial score (nSPS) is 17.6. The maximum Gasteiger partial charge on any atom is 0.321 e. The van der Waals surface area contributed by atoms with Crippen LogP contribution in [0.15, 0.2) is 29.6 Å². The average molecular weight is 402 g/mol. The van der Waals surface area contributed by atoms with E-state index in [4.69, 9.17) is 4.74 Å². The van der Waals surface area contributed by atoms with E-state index in [0.29, 0.717) is 11.7 Å². The molecule has 0 aliphatic carbocycles. The van der Waals surface area contributed by atoms with E-state index in [1.165, 1.54) is 29.9 Å². The zero-order valence-electron chi connectivity index (χ0n) is 16.0. The minimum absolute atomic E-state index is 0.210. The zero-order valence-corrected chi connectivity index (χ0v) is 16.8. The Morgan fingerprint density at radius 2 is 1.86 bits per heavy atom. The highest BCUT2D eigenvalue weighted by molar-refractivity contribution is 7.14. The summed E-state index contributed by atoms with van der Waals surface area (Å²) in [5.74, 6) is 0. The van der Waals surface area contributed by atoms with Crippen molar-refractivity contribution >= 4 is 28.2 Å². The molecule has 1 aromatic heterocycles. The molecule has 2 saturated heterocycles. The van der Waals surface area contributed by atoms with Gasteiger partial charge >= 0.3 is 6.03 Å². The number of ether oxygens (including phenoxy) is 1. The second-order valence-electron chi connectivity index (χ2n) is 7.11. The highest BCUT2D eigenvalue weighted by Gasteiger charge is 2.13. The van der Waals surface area contributed by atoms with Crippen LogP contribution in [0, 0.1) is 0 Å². The molecule has 2 amide bonds. The Balaban J connectivity index is 1.26. The van der Waals surface area contributed by atoms with Gasteiger partial charge in [0.1, 0.15) is 0 Å². The molecule has 1 aromatic carbocycles. The van der Waals surface area contributed by atoms with Crippen LogP contribution < -0.4 is 15.5 Å². The van der Waals surface area contributed by atoms with Crippen LogP contribution in [0.3, 0.4) is 0 Å². The second kappa shape index (κ2) is 9.36. The van der Waals surface area contributed by atoms with Crippen molar-refractivity contribution in [3.8, 4) is 11.3 Å². The van der Waals surface area contributed by atoms with Crippen LogP contribution in [0.5, 0.6) is 0 Å². The number of morpholine rings is 1. The lowest BCUT2D eigenvalue weighted by Gasteiger charge is -2.26. The van der Waals surface area contributed by atoms with Gasteiger partial charge in [-0.1, -0.05) is 12.1 Å². The summed E-state index contributed by atoms with van der Waals surface area (Å²) in [6, 6.07) is 8.32. The molecule has 0 unspecified atom stereocenters. The minimum atomic E-state index is -0.210. The first-order chi connectivity index (χ1) is 13.8. The molecule has 8 heteroatoms. The maximum absolute atomic E-state index is 12.1. The molecule has 2 aromatic rings. The third kappa shape index (κ3) is 5.01. The molecule has 0 atom stereocenters. The minimum Gasteiger partial charge on any atom is -0.379 e. The van der Waals surface area contributed by atoms with E-state index in [2.05, 4.69) is 49.7 Å². The van der Waals surface area contributed by atoms with Crippen LogP contribution in [0.4, 0.5) is 15.6 Å². The number of aromatic nitrogens is 1. The van der Waals surface area contributed by atoms with E-state index in [9.17, 15) is 4.79 Å². The van der Waals surface area contributed by atoms with Gasteiger partial charge in [0.15, 0.2) is 5.13 Å². The number of thiazole rings is 1. The third-order valence-electron chi connectivity index (χ3n) is 5.18. The van der Waals surface area contributed by atoms with E-state index in [0.717, 1.165) is 57.2 Å². The molecule has 2 fully saturated rings. The molecule has 0 saturated carbocycles. The molecule has 28 heavy (non-hydrogen) atoms. The summed E-state index contributed by atoms with van der Waals surface area (Å²) in [5, 5.41) is 8.32. The van der Waals surface area contributed by atoms with Crippen molar-refractivity contribution in [2.24, 2.45) is 0 Å². The van der Waals surface area contributed by atoms with Gasteiger partial charge in [0, 0.05) is 55.9 Å². The van der Waals surface area contributed by atoms with Crippen molar-refractivity contribution in [1.29, 1.82) is 0 Å². The van der Waals surface area contributed by atoms with Gasteiger partial charge in [-0.25, -0.2) is 9.78 Å². The summed E-state index contributed by atoms with van der Waals surface area (Å²) >= 11 is 1.44. The number of nitrogens with zero attached hydrogens (tertiary/aromatic N) is 3. The summed E-state index contributed by atoms with van der Waals surface area (Å²) in [6.07, 6.45) is 2.55. The van der Waals surface area contributed by atoms with Gasteiger partial charge in [0.2, 0.25) is 0 Å². The lowest BCUT2D eigenvalue weighted by Crippen LogP contribution is -2.42. The predicted molar refractivity (Wildman–Crippen MR) is 113 cm³/mol. The van der Waals surface area contributed by atoms with E-state index in [1.54, 1.807) is 0 Å². The van der Waals surface area contributed by atoms with Gasteiger partial charge in [-0.05, 0) is 25.0 Å². The third-order valence-corrected chi connectivity index (χ3v) is 5.93. The Morgan fingerprint density at radius 3 is 2.61 bits per heavy atom. The van der Waals surface area contributed by atoms with Gasteiger partial charge in [-0.15, -0.1) is 11.3 Å². The molecule has 2 aliphatic rings. The Morgan fingerprint density at radius 1 is 1.11 bits per heavy atom. The standard InChI is InChI=1S/C20H27N5O2S/c26-19(21-7-10-24-11-13-27-14-12-24)23-20-22-18(15-28-20)16-3-5-17(6-4-16)25-8-1-2-9-25/h3-6,15H,1-2,7-14H2,(H2,21,22,23,26). The number of nitrogens with one attached hydrogen (secondary N) is 2. The zero-order chi connectivity index (χ0) is 19.2. The number of hydrogen-bond donors (Lipinski definition) is 2. The lowest BCUT2D eigenvalue weighted by molar-refractivity contribution is 0.0388. The van der Waals surface area contributed by atoms with Gasteiger partial charge in [-0.3, -0.25) is 10.2 Å². The topological polar surface area (TPSA) is 69.7 Å². The summed E-state index contributed by atoms with van der Waals surface area (Å²) in [5.41, 5.74) is 3.23. The predicted octanol–water partition coefficient (Wildman–Crippen LogP) is 2.86.